The van der Waals surface area contributed by atoms with Gasteiger partial charge in [0.2, 0.25) is 5.43 Å². The first-order chi connectivity index (χ1) is 14.7. The molecule has 0 fully saturated rings. The molecular formula is C21H18ClF2NO6. The maximum Gasteiger partial charge on any atom is 0.511 e. The van der Waals surface area contributed by atoms with Crippen LogP contribution in [0.4, 0.5) is 13.6 Å². The topological polar surface area (TPSA) is 98.0 Å². The zero-order valence-corrected chi connectivity index (χ0v) is 17.2. The molecule has 1 heterocycles. The fraction of sp³-hybridized carbons (Fsp3) is 0.238. The van der Waals surface area contributed by atoms with E-state index in [0.29, 0.717) is 5.56 Å². The summed E-state index contributed by atoms with van der Waals surface area (Å²) >= 11 is 5.76. The summed E-state index contributed by atoms with van der Waals surface area (Å²) in [7, 11) is 1.35. The van der Waals surface area contributed by atoms with E-state index in [2.05, 4.69) is 4.74 Å². The number of halogens is 3. The lowest BCUT2D eigenvalue weighted by atomic mass is 10.0. The molecule has 0 saturated carbocycles. The van der Waals surface area contributed by atoms with Crippen molar-refractivity contribution < 1.29 is 33.3 Å². The zero-order valence-electron chi connectivity index (χ0n) is 16.5. The van der Waals surface area contributed by atoms with Gasteiger partial charge in [0.15, 0.2) is 5.75 Å². The van der Waals surface area contributed by atoms with Crippen LogP contribution < -0.4 is 14.9 Å². The van der Waals surface area contributed by atoms with Gasteiger partial charge >= 0.3 is 6.16 Å². The second-order valence-electron chi connectivity index (χ2n) is 6.82. The third-order valence-electron chi connectivity index (χ3n) is 4.79. The van der Waals surface area contributed by atoms with Crippen molar-refractivity contribution in [3.63, 3.8) is 0 Å². The third kappa shape index (κ3) is 4.33. The number of nitrogens with zero attached hydrogens (tertiary/aromatic N) is 1. The van der Waals surface area contributed by atoms with Crippen LogP contribution in [0.25, 0.3) is 10.9 Å². The predicted molar refractivity (Wildman–Crippen MR) is 109 cm³/mol. The summed E-state index contributed by atoms with van der Waals surface area (Å²) < 4.78 is 40.0. The largest absolute Gasteiger partial charge is 0.511 e. The molecule has 0 aliphatic heterocycles. The van der Waals surface area contributed by atoms with Gasteiger partial charge in [-0.15, -0.1) is 0 Å². The van der Waals surface area contributed by atoms with Crippen molar-refractivity contribution in [1.82, 2.24) is 4.57 Å². The first-order valence-electron chi connectivity index (χ1n) is 9.07. The highest BCUT2D eigenvalue weighted by Gasteiger charge is 2.21. The van der Waals surface area contributed by atoms with Crippen LogP contribution in [0.5, 0.6) is 11.5 Å². The van der Waals surface area contributed by atoms with Crippen molar-refractivity contribution in [1.29, 1.82) is 0 Å². The van der Waals surface area contributed by atoms with E-state index in [-0.39, 0.29) is 40.3 Å². The minimum absolute atomic E-state index is 0.00348. The van der Waals surface area contributed by atoms with Gasteiger partial charge in [0.25, 0.3) is 0 Å². The Labute approximate surface area is 180 Å². The van der Waals surface area contributed by atoms with E-state index in [0.717, 1.165) is 18.3 Å². The summed E-state index contributed by atoms with van der Waals surface area (Å²) in [6, 6.07) is 4.44. The summed E-state index contributed by atoms with van der Waals surface area (Å²) in [6.45, 7) is 1.31. The average Bonchev–Trinajstić information content (AvgIpc) is 2.74. The van der Waals surface area contributed by atoms with Crippen molar-refractivity contribution in [2.75, 3.05) is 13.7 Å². The van der Waals surface area contributed by atoms with Gasteiger partial charge in [-0.1, -0.05) is 11.6 Å². The molecule has 164 valence electrons. The molecule has 0 saturated heterocycles. The molecule has 2 aromatic carbocycles. The predicted octanol–water partition coefficient (Wildman–Crippen LogP) is 4.14. The Balaban J connectivity index is 2.30. The maximum atomic E-state index is 14.4. The number of hydrogen-bond donors (Lipinski definition) is 2. The number of aliphatic hydroxyl groups is 1. The Morgan fingerprint density at radius 1 is 1.26 bits per heavy atom. The molecule has 0 bridgehead atoms. The van der Waals surface area contributed by atoms with Crippen LogP contribution in [-0.2, 0) is 6.42 Å². The fourth-order valence-corrected chi connectivity index (χ4v) is 3.46. The zero-order chi connectivity index (χ0) is 22.9. The highest BCUT2D eigenvalue weighted by molar-refractivity contribution is 6.30. The number of carboxylic acid groups (broad SMARTS) is 1. The standard InChI is InChI=1S/C21H18ClF2NO6/c1-10(9-26)25-8-17(31-21(28)29)20(27)13-6-11(7-16(30-2)19(13)25)5-12-15(23)4-3-14(22)18(12)24/h3-4,6-8,10,26H,5,9H2,1-2H3,(H,28,29)/t10-/m0/s1. The summed E-state index contributed by atoms with van der Waals surface area (Å²) in [4.78, 5) is 23.9. The van der Waals surface area contributed by atoms with Gasteiger partial charge in [-0.05, 0) is 36.8 Å². The monoisotopic (exact) mass is 453 g/mol. The van der Waals surface area contributed by atoms with E-state index in [1.807, 2.05) is 0 Å². The number of rotatable bonds is 6. The molecule has 10 heteroatoms. The van der Waals surface area contributed by atoms with Crippen LogP contribution in [0.2, 0.25) is 5.02 Å². The fourth-order valence-electron chi connectivity index (χ4n) is 3.28. The SMILES string of the molecule is COc1cc(Cc2c(F)ccc(Cl)c2F)cc2c(=O)c(OC(=O)O)cn([C@@H](C)CO)c12. The first kappa shape index (κ1) is 22.5. The van der Waals surface area contributed by atoms with Gasteiger partial charge in [0, 0.05) is 12.0 Å². The van der Waals surface area contributed by atoms with E-state index < -0.39 is 35.0 Å². The lowest BCUT2D eigenvalue weighted by Gasteiger charge is -2.20. The summed E-state index contributed by atoms with van der Waals surface area (Å²) in [6.07, 6.45) is -0.771. The summed E-state index contributed by atoms with van der Waals surface area (Å²) in [5.41, 5.74) is -0.471. The Morgan fingerprint density at radius 2 is 1.97 bits per heavy atom. The van der Waals surface area contributed by atoms with Crippen LogP contribution in [-0.4, -0.2) is 34.7 Å². The number of aliphatic hydroxyl groups excluding tert-OH is 1. The average molecular weight is 454 g/mol. The maximum absolute atomic E-state index is 14.4. The minimum atomic E-state index is -1.69. The summed E-state index contributed by atoms with van der Waals surface area (Å²) in [5.74, 6) is -2.03. The molecule has 1 atom stereocenters. The molecule has 0 spiro atoms. The molecule has 31 heavy (non-hydrogen) atoms. The van der Waals surface area contributed by atoms with E-state index in [4.69, 9.17) is 21.4 Å². The highest BCUT2D eigenvalue weighted by Crippen LogP contribution is 2.32. The van der Waals surface area contributed by atoms with Crippen LogP contribution in [0.1, 0.15) is 24.1 Å². The first-order valence-corrected chi connectivity index (χ1v) is 9.45. The quantitative estimate of drug-likeness (QED) is 0.430. The number of pyridine rings is 1. The van der Waals surface area contributed by atoms with Crippen LogP contribution in [0.3, 0.4) is 0 Å². The lowest BCUT2D eigenvalue weighted by molar-refractivity contribution is 0.143. The highest BCUT2D eigenvalue weighted by atomic mass is 35.5. The van der Waals surface area contributed by atoms with E-state index in [9.17, 15) is 23.5 Å². The van der Waals surface area contributed by atoms with Gasteiger partial charge in [-0.2, -0.15) is 0 Å². The molecule has 0 aliphatic rings. The number of hydrogen-bond acceptors (Lipinski definition) is 5. The third-order valence-corrected chi connectivity index (χ3v) is 5.09. The normalized spacial score (nSPS) is 12.1. The number of aromatic nitrogens is 1. The van der Waals surface area contributed by atoms with Crippen molar-refractivity contribution in [2.45, 2.75) is 19.4 Å². The molecule has 0 aliphatic carbocycles. The Hall–Kier alpha value is -3.17. The van der Waals surface area contributed by atoms with Gasteiger partial charge < -0.3 is 24.3 Å². The number of methoxy groups -OCH3 is 1. The lowest BCUT2D eigenvalue weighted by Crippen LogP contribution is -2.20. The Morgan fingerprint density at radius 3 is 2.58 bits per heavy atom. The van der Waals surface area contributed by atoms with E-state index in [1.165, 1.54) is 23.8 Å². The Bertz CT molecular complexity index is 1230. The second kappa shape index (κ2) is 8.91. The summed E-state index contributed by atoms with van der Waals surface area (Å²) in [5, 5.41) is 18.3. The van der Waals surface area contributed by atoms with Crippen LogP contribution in [0, 0.1) is 11.6 Å². The minimum Gasteiger partial charge on any atom is -0.495 e. The number of carbonyl (C=O) groups is 1. The van der Waals surface area contributed by atoms with Gasteiger partial charge in [-0.25, -0.2) is 13.6 Å². The van der Waals surface area contributed by atoms with Gasteiger partial charge in [0.1, 0.15) is 17.4 Å². The number of benzene rings is 2. The van der Waals surface area contributed by atoms with Crippen molar-refractivity contribution in [3.8, 4) is 11.5 Å². The van der Waals surface area contributed by atoms with Crippen molar-refractivity contribution >= 4 is 28.7 Å². The van der Waals surface area contributed by atoms with E-state index >= 15 is 0 Å². The van der Waals surface area contributed by atoms with Crippen molar-refractivity contribution in [2.24, 2.45) is 0 Å². The van der Waals surface area contributed by atoms with Crippen LogP contribution in [0.15, 0.2) is 35.3 Å². The van der Waals surface area contributed by atoms with Crippen molar-refractivity contribution in [3.05, 3.63) is 68.5 Å². The molecule has 1 aromatic heterocycles. The number of ether oxygens (including phenoxy) is 2. The smallest absolute Gasteiger partial charge is 0.495 e. The molecule has 2 N–H and O–H groups in total. The van der Waals surface area contributed by atoms with Gasteiger partial charge in [-0.3, -0.25) is 4.79 Å². The molecule has 0 unspecified atom stereocenters. The molecule has 3 rings (SSSR count). The van der Waals surface area contributed by atoms with Crippen LogP contribution >= 0.6 is 11.6 Å². The van der Waals surface area contributed by atoms with Gasteiger partial charge in [0.05, 0.1) is 41.9 Å². The molecule has 3 aromatic rings. The molecular weight excluding hydrogens is 436 g/mol. The second-order valence-corrected chi connectivity index (χ2v) is 7.23. The molecule has 0 amide bonds. The molecule has 0 radical (unpaired) electrons. The Kier molecular flexibility index (Phi) is 6.47. The van der Waals surface area contributed by atoms with E-state index in [1.54, 1.807) is 6.92 Å². The molecule has 7 nitrogen and oxygen atoms in total. The number of fused-ring (bicyclic) bond motifs is 1.